The smallest absolute Gasteiger partial charge is 0.251 e. The third-order valence-electron chi connectivity index (χ3n) is 8.33. The predicted octanol–water partition coefficient (Wildman–Crippen LogP) is 5.74. The number of hydrogen-bond donors (Lipinski definition) is 2. The Morgan fingerprint density at radius 1 is 1.11 bits per heavy atom. The van der Waals surface area contributed by atoms with Gasteiger partial charge in [0.05, 0.1) is 0 Å². The number of hydrogen-bond acceptors (Lipinski definition) is 2. The summed E-state index contributed by atoms with van der Waals surface area (Å²) in [7, 11) is 0. The molecule has 1 saturated carbocycles. The van der Waals surface area contributed by atoms with Crippen molar-refractivity contribution in [2.45, 2.75) is 65.0 Å². The quantitative estimate of drug-likeness (QED) is 0.363. The number of fused-ring (bicyclic) bond motifs is 1. The van der Waals surface area contributed by atoms with Crippen LogP contribution in [0, 0.1) is 5.92 Å². The molecule has 1 atom stereocenters. The fourth-order valence-electron chi connectivity index (χ4n) is 5.79. The lowest BCUT2D eigenvalue weighted by Gasteiger charge is -2.34. The summed E-state index contributed by atoms with van der Waals surface area (Å²) in [5.74, 6) is 0.889. The van der Waals surface area contributed by atoms with Crippen LogP contribution in [0.5, 0.6) is 0 Å². The van der Waals surface area contributed by atoms with Gasteiger partial charge in [-0.2, -0.15) is 0 Å². The van der Waals surface area contributed by atoms with Crippen molar-refractivity contribution < 1.29 is 4.79 Å². The Hall–Kier alpha value is -3.37. The molecular formula is C34H41N3O. The maximum absolute atomic E-state index is 13.1. The Kier molecular flexibility index (Phi) is 8.60. The van der Waals surface area contributed by atoms with Gasteiger partial charge in [-0.25, -0.2) is 0 Å². The van der Waals surface area contributed by atoms with Crippen molar-refractivity contribution in [3.63, 3.8) is 0 Å². The Labute approximate surface area is 227 Å². The highest BCUT2D eigenvalue weighted by atomic mass is 16.1. The first kappa shape index (κ1) is 26.2. The van der Waals surface area contributed by atoms with Crippen molar-refractivity contribution in [2.24, 2.45) is 5.92 Å². The SMILES string of the molecule is C/C=c1/[nH]c2c(/c1=C/CC1CCC1)CCN(Cc1ccccc1C(=O)NCC/C=C/c1ccccc1)C2C. The molecule has 0 bridgehead atoms. The summed E-state index contributed by atoms with van der Waals surface area (Å²) in [5, 5.41) is 5.82. The molecule has 1 unspecified atom stereocenters. The van der Waals surface area contributed by atoms with Gasteiger partial charge in [0.15, 0.2) is 0 Å². The highest BCUT2D eigenvalue weighted by molar-refractivity contribution is 5.95. The van der Waals surface area contributed by atoms with E-state index in [-0.39, 0.29) is 11.9 Å². The van der Waals surface area contributed by atoms with Crippen molar-refractivity contribution in [3.8, 4) is 0 Å². The average Bonchev–Trinajstić information content (AvgIpc) is 3.28. The fourth-order valence-corrected chi connectivity index (χ4v) is 5.79. The lowest BCUT2D eigenvalue weighted by Crippen LogP contribution is -2.36. The van der Waals surface area contributed by atoms with Gasteiger partial charge in [0, 0.05) is 42.3 Å². The minimum atomic E-state index is 0.00897. The standard InChI is InChI=1S/C34H41N3O/c1-3-32-30(20-19-27-15-11-16-27)31-21-23-37(25(2)33(31)36-32)24-28-17-7-8-18-29(28)34(38)35-22-10-9-14-26-12-5-4-6-13-26/h3-9,12-14,17-18,20,25,27,36H,10-11,15-16,19,21-24H2,1-2H3,(H,35,38)/b14-9+,30-20-,32-3+. The molecule has 2 aromatic carbocycles. The summed E-state index contributed by atoms with van der Waals surface area (Å²) in [5.41, 5.74) is 5.89. The molecule has 3 aromatic rings. The third-order valence-corrected chi connectivity index (χ3v) is 8.33. The van der Waals surface area contributed by atoms with E-state index < -0.39 is 0 Å². The molecule has 4 nitrogen and oxygen atoms in total. The highest BCUT2D eigenvalue weighted by Crippen LogP contribution is 2.30. The number of aromatic amines is 1. The van der Waals surface area contributed by atoms with E-state index in [1.54, 1.807) is 0 Å². The first-order valence-electron chi connectivity index (χ1n) is 14.3. The second kappa shape index (κ2) is 12.4. The molecule has 2 N–H and O–H groups in total. The van der Waals surface area contributed by atoms with Crippen molar-refractivity contribution in [1.29, 1.82) is 0 Å². The molecule has 1 fully saturated rings. The molecular weight excluding hydrogens is 466 g/mol. The van der Waals surface area contributed by atoms with Gasteiger partial charge >= 0.3 is 0 Å². The molecule has 198 valence electrons. The zero-order chi connectivity index (χ0) is 26.3. The second-order valence-corrected chi connectivity index (χ2v) is 10.8. The fraction of sp³-hybridized carbons (Fsp3) is 0.382. The van der Waals surface area contributed by atoms with Crippen molar-refractivity contribution >= 4 is 24.1 Å². The van der Waals surface area contributed by atoms with Gasteiger partial charge in [-0.1, -0.05) is 92.1 Å². The number of nitrogens with zero attached hydrogens (tertiary/aromatic N) is 1. The molecule has 0 saturated heterocycles. The average molecular weight is 508 g/mol. The van der Waals surface area contributed by atoms with Crippen LogP contribution in [0.15, 0.2) is 60.7 Å². The van der Waals surface area contributed by atoms with Crippen molar-refractivity contribution in [3.05, 3.63) is 99.2 Å². The molecule has 0 spiro atoms. The van der Waals surface area contributed by atoms with Crippen LogP contribution in [0.4, 0.5) is 0 Å². The van der Waals surface area contributed by atoms with Crippen LogP contribution in [0.3, 0.4) is 0 Å². The van der Waals surface area contributed by atoms with Gasteiger partial charge in [0.25, 0.3) is 5.91 Å². The summed E-state index contributed by atoms with van der Waals surface area (Å²) in [4.78, 5) is 19.4. The maximum Gasteiger partial charge on any atom is 0.251 e. The van der Waals surface area contributed by atoms with E-state index >= 15 is 0 Å². The van der Waals surface area contributed by atoms with Gasteiger partial charge in [0.1, 0.15) is 0 Å². The molecule has 2 aliphatic rings. The normalized spacial score (nSPS) is 19.1. The molecule has 2 heterocycles. The lowest BCUT2D eigenvalue weighted by atomic mass is 9.82. The van der Waals surface area contributed by atoms with Crippen molar-refractivity contribution in [2.75, 3.05) is 13.1 Å². The molecule has 38 heavy (non-hydrogen) atoms. The Morgan fingerprint density at radius 3 is 2.66 bits per heavy atom. The van der Waals surface area contributed by atoms with Crippen LogP contribution >= 0.6 is 0 Å². The van der Waals surface area contributed by atoms with Gasteiger partial charge in [-0.05, 0) is 67.0 Å². The Bertz CT molecular complexity index is 1380. The number of amides is 1. The van der Waals surface area contributed by atoms with Crippen LogP contribution in [0.1, 0.15) is 84.7 Å². The van der Waals surface area contributed by atoms with Crippen molar-refractivity contribution in [1.82, 2.24) is 15.2 Å². The van der Waals surface area contributed by atoms with E-state index in [0.717, 1.165) is 43.0 Å². The third kappa shape index (κ3) is 6.02. The van der Waals surface area contributed by atoms with E-state index in [0.29, 0.717) is 6.54 Å². The Balaban J connectivity index is 1.24. The predicted molar refractivity (Wildman–Crippen MR) is 158 cm³/mol. The zero-order valence-corrected chi connectivity index (χ0v) is 22.9. The number of carbonyl (C=O) groups excluding carboxylic acids is 1. The number of benzene rings is 2. The van der Waals surface area contributed by atoms with Crippen LogP contribution in [-0.2, 0) is 13.0 Å². The second-order valence-electron chi connectivity index (χ2n) is 10.8. The van der Waals surface area contributed by atoms with Gasteiger partial charge < -0.3 is 10.3 Å². The van der Waals surface area contributed by atoms with Crippen LogP contribution in [0.2, 0.25) is 0 Å². The first-order valence-corrected chi connectivity index (χ1v) is 14.3. The number of nitrogens with one attached hydrogen (secondary N) is 2. The van der Waals surface area contributed by atoms with Crippen LogP contribution in [-0.4, -0.2) is 28.9 Å². The molecule has 4 heteroatoms. The van der Waals surface area contributed by atoms with Gasteiger partial charge in [0.2, 0.25) is 0 Å². The van der Waals surface area contributed by atoms with E-state index in [4.69, 9.17) is 0 Å². The summed E-state index contributed by atoms with van der Waals surface area (Å²) >= 11 is 0. The van der Waals surface area contributed by atoms with E-state index in [9.17, 15) is 4.79 Å². The van der Waals surface area contributed by atoms with E-state index in [2.05, 4.69) is 71.6 Å². The summed E-state index contributed by atoms with van der Waals surface area (Å²) in [6.45, 7) is 6.82. The minimum absolute atomic E-state index is 0.00897. The molecule has 1 aliphatic carbocycles. The number of aromatic nitrogens is 1. The number of rotatable bonds is 9. The highest BCUT2D eigenvalue weighted by Gasteiger charge is 2.27. The Morgan fingerprint density at radius 2 is 1.89 bits per heavy atom. The van der Waals surface area contributed by atoms with E-state index in [1.807, 2.05) is 36.4 Å². The molecule has 1 aromatic heterocycles. The van der Waals surface area contributed by atoms with Crippen LogP contribution < -0.4 is 15.9 Å². The topological polar surface area (TPSA) is 48.1 Å². The monoisotopic (exact) mass is 507 g/mol. The maximum atomic E-state index is 13.1. The number of carbonyl (C=O) groups is 1. The first-order chi connectivity index (χ1) is 18.6. The van der Waals surface area contributed by atoms with Gasteiger partial charge in [-0.15, -0.1) is 0 Å². The van der Waals surface area contributed by atoms with E-state index in [1.165, 1.54) is 53.1 Å². The zero-order valence-electron chi connectivity index (χ0n) is 22.9. The minimum Gasteiger partial charge on any atom is -0.357 e. The molecule has 0 radical (unpaired) electrons. The molecule has 1 aliphatic heterocycles. The summed E-state index contributed by atoms with van der Waals surface area (Å²) in [6, 6.07) is 18.6. The summed E-state index contributed by atoms with van der Waals surface area (Å²) < 4.78 is 0. The lowest BCUT2D eigenvalue weighted by molar-refractivity contribution is 0.0951. The summed E-state index contributed by atoms with van der Waals surface area (Å²) in [6.07, 6.45) is 16.1. The van der Waals surface area contributed by atoms with Crippen LogP contribution in [0.25, 0.3) is 18.2 Å². The van der Waals surface area contributed by atoms with Gasteiger partial charge in [-0.3, -0.25) is 9.69 Å². The largest absolute Gasteiger partial charge is 0.357 e. The molecule has 1 amide bonds. The molecule has 5 rings (SSSR count). The number of H-pyrrole nitrogens is 1.